The predicted molar refractivity (Wildman–Crippen MR) is 156 cm³/mol. The van der Waals surface area contributed by atoms with E-state index in [2.05, 4.69) is 43.4 Å². The second kappa shape index (κ2) is 13.3. The van der Waals surface area contributed by atoms with E-state index in [1.54, 1.807) is 4.90 Å². The first-order valence-corrected chi connectivity index (χ1v) is 13.6. The van der Waals surface area contributed by atoms with E-state index < -0.39 is 6.04 Å². The fraction of sp³-hybridized carbons (Fsp3) is 0.273. The molecule has 2 amide bonds. The van der Waals surface area contributed by atoms with Crippen LogP contribution in [0.5, 0.6) is 0 Å². The molecular formula is C33H35ClN2O2. The van der Waals surface area contributed by atoms with Gasteiger partial charge in [0.25, 0.3) is 0 Å². The summed E-state index contributed by atoms with van der Waals surface area (Å²) in [5.74, 6) is 0.131. The van der Waals surface area contributed by atoms with Crippen molar-refractivity contribution in [1.82, 2.24) is 10.2 Å². The number of carbonyl (C=O) groups is 2. The molecule has 0 radical (unpaired) electrons. The lowest BCUT2D eigenvalue weighted by Crippen LogP contribution is -2.51. The van der Waals surface area contributed by atoms with Gasteiger partial charge in [-0.1, -0.05) is 110 Å². The molecule has 0 bridgehead atoms. The van der Waals surface area contributed by atoms with Crippen molar-refractivity contribution < 1.29 is 9.59 Å². The zero-order valence-corrected chi connectivity index (χ0v) is 22.8. The van der Waals surface area contributed by atoms with Crippen molar-refractivity contribution in [2.45, 2.75) is 45.7 Å². The smallest absolute Gasteiger partial charge is 0.243 e. The van der Waals surface area contributed by atoms with Crippen LogP contribution < -0.4 is 5.32 Å². The van der Waals surface area contributed by atoms with Gasteiger partial charge in [0.05, 0.1) is 0 Å². The highest BCUT2D eigenvalue weighted by atomic mass is 35.5. The lowest BCUT2D eigenvalue weighted by Gasteiger charge is -2.32. The number of hydrogen-bond donors (Lipinski definition) is 1. The number of nitrogens with one attached hydrogen (secondary N) is 1. The molecule has 38 heavy (non-hydrogen) atoms. The molecule has 0 saturated heterocycles. The van der Waals surface area contributed by atoms with E-state index in [-0.39, 0.29) is 11.8 Å². The van der Waals surface area contributed by atoms with Crippen LogP contribution in [-0.4, -0.2) is 29.3 Å². The van der Waals surface area contributed by atoms with Crippen LogP contribution in [0, 0.1) is 5.92 Å². The molecule has 4 nitrogen and oxygen atoms in total. The first kappa shape index (κ1) is 27.4. The van der Waals surface area contributed by atoms with Crippen molar-refractivity contribution in [1.29, 1.82) is 0 Å². The first-order valence-electron chi connectivity index (χ1n) is 13.2. The van der Waals surface area contributed by atoms with Crippen LogP contribution in [-0.2, 0) is 29.0 Å². The summed E-state index contributed by atoms with van der Waals surface area (Å²) in [6, 6.07) is 31.2. The van der Waals surface area contributed by atoms with Crippen LogP contribution in [0.2, 0.25) is 5.02 Å². The minimum Gasteiger partial charge on any atom is -0.354 e. The number of amides is 2. The van der Waals surface area contributed by atoms with Crippen molar-refractivity contribution in [2.75, 3.05) is 6.54 Å². The fourth-order valence-corrected chi connectivity index (χ4v) is 4.78. The molecule has 1 atom stereocenters. The third-order valence-electron chi connectivity index (χ3n) is 6.71. The third kappa shape index (κ3) is 7.45. The Labute approximate surface area is 230 Å². The Morgan fingerprint density at radius 3 is 2.24 bits per heavy atom. The number of benzene rings is 4. The summed E-state index contributed by atoms with van der Waals surface area (Å²) in [5.41, 5.74) is 3.08. The van der Waals surface area contributed by atoms with Crippen LogP contribution >= 0.6 is 11.6 Å². The Morgan fingerprint density at radius 2 is 1.50 bits per heavy atom. The van der Waals surface area contributed by atoms with Gasteiger partial charge in [0.1, 0.15) is 6.04 Å². The number of carbonyl (C=O) groups excluding carboxylic acids is 2. The molecule has 1 N–H and O–H groups in total. The lowest BCUT2D eigenvalue weighted by molar-refractivity contribution is -0.141. The summed E-state index contributed by atoms with van der Waals surface area (Å²) >= 11 is 6.12. The molecule has 0 aromatic heterocycles. The molecule has 0 spiro atoms. The molecule has 0 fully saturated rings. The van der Waals surface area contributed by atoms with E-state index in [1.807, 2.05) is 72.8 Å². The zero-order valence-electron chi connectivity index (χ0n) is 22.1. The van der Waals surface area contributed by atoms with E-state index in [4.69, 9.17) is 11.6 Å². The van der Waals surface area contributed by atoms with Crippen molar-refractivity contribution in [3.05, 3.63) is 119 Å². The average Bonchev–Trinajstić information content (AvgIpc) is 2.93. The Kier molecular flexibility index (Phi) is 9.56. The molecular weight excluding hydrogens is 492 g/mol. The Bertz CT molecular complexity index is 1350. The molecule has 0 saturated carbocycles. The van der Waals surface area contributed by atoms with Gasteiger partial charge < -0.3 is 10.2 Å². The molecule has 196 valence electrons. The highest BCUT2D eigenvalue weighted by Crippen LogP contribution is 2.22. The van der Waals surface area contributed by atoms with Crippen LogP contribution in [0.4, 0.5) is 0 Å². The molecule has 0 aliphatic carbocycles. The van der Waals surface area contributed by atoms with Crippen molar-refractivity contribution >= 4 is 34.2 Å². The van der Waals surface area contributed by atoms with Crippen molar-refractivity contribution in [3.63, 3.8) is 0 Å². The molecule has 0 unspecified atom stereocenters. The van der Waals surface area contributed by atoms with Crippen LogP contribution in [0.15, 0.2) is 97.1 Å². The molecule has 5 heteroatoms. The second-order valence-electron chi connectivity index (χ2n) is 10.1. The van der Waals surface area contributed by atoms with Crippen molar-refractivity contribution in [3.8, 4) is 0 Å². The Hall–Kier alpha value is -3.63. The number of halogens is 1. The van der Waals surface area contributed by atoms with Crippen LogP contribution in [0.3, 0.4) is 0 Å². The van der Waals surface area contributed by atoms with Gasteiger partial charge in [0.15, 0.2) is 0 Å². The molecule has 4 rings (SSSR count). The Morgan fingerprint density at radius 1 is 0.816 bits per heavy atom. The highest BCUT2D eigenvalue weighted by molar-refractivity contribution is 6.30. The summed E-state index contributed by atoms with van der Waals surface area (Å²) in [6.45, 7) is 5.02. The normalized spacial score (nSPS) is 11.9. The summed E-state index contributed by atoms with van der Waals surface area (Å²) in [5, 5.41) is 6.03. The maximum atomic E-state index is 13.9. The molecule has 0 heterocycles. The monoisotopic (exact) mass is 526 g/mol. The number of aryl methyl sites for hydroxylation is 1. The maximum absolute atomic E-state index is 13.9. The van der Waals surface area contributed by atoms with Crippen LogP contribution in [0.25, 0.3) is 10.8 Å². The van der Waals surface area contributed by atoms with E-state index >= 15 is 0 Å². The minimum absolute atomic E-state index is 0.0477. The minimum atomic E-state index is -0.633. The topological polar surface area (TPSA) is 49.4 Å². The molecule has 0 aliphatic heterocycles. The summed E-state index contributed by atoms with van der Waals surface area (Å²) < 4.78 is 0. The van der Waals surface area contributed by atoms with E-state index in [9.17, 15) is 9.59 Å². The van der Waals surface area contributed by atoms with Gasteiger partial charge in [-0.15, -0.1) is 0 Å². The van der Waals surface area contributed by atoms with Crippen molar-refractivity contribution in [2.24, 2.45) is 5.92 Å². The van der Waals surface area contributed by atoms with Gasteiger partial charge in [-0.2, -0.15) is 0 Å². The van der Waals surface area contributed by atoms with Gasteiger partial charge in [-0.25, -0.2) is 0 Å². The Balaban J connectivity index is 1.63. The lowest BCUT2D eigenvalue weighted by atomic mass is 9.99. The third-order valence-corrected chi connectivity index (χ3v) is 6.96. The summed E-state index contributed by atoms with van der Waals surface area (Å²) in [7, 11) is 0. The summed E-state index contributed by atoms with van der Waals surface area (Å²) in [4.78, 5) is 29.2. The second-order valence-corrected chi connectivity index (χ2v) is 10.6. The first-order chi connectivity index (χ1) is 18.4. The quantitative estimate of drug-likeness (QED) is 0.232. The number of nitrogens with zero attached hydrogens (tertiary/aromatic N) is 1. The molecule has 4 aromatic carbocycles. The van der Waals surface area contributed by atoms with Crippen LogP contribution in [0.1, 0.15) is 37.0 Å². The van der Waals surface area contributed by atoms with Gasteiger partial charge in [-0.3, -0.25) is 9.59 Å². The number of rotatable bonds is 11. The van der Waals surface area contributed by atoms with Gasteiger partial charge >= 0.3 is 0 Å². The predicted octanol–water partition coefficient (Wildman–Crippen LogP) is 6.84. The largest absolute Gasteiger partial charge is 0.354 e. The SMILES string of the molecule is CC(C)CNC(=O)[C@H](Cc1ccccc1)N(Cc1ccc(Cl)cc1)C(=O)CCc1cccc2ccccc12. The van der Waals surface area contributed by atoms with E-state index in [0.717, 1.165) is 27.5 Å². The number of hydrogen-bond acceptors (Lipinski definition) is 2. The number of fused-ring (bicyclic) bond motifs is 1. The molecule has 0 aliphatic rings. The summed E-state index contributed by atoms with van der Waals surface area (Å²) in [6.07, 6.45) is 1.35. The maximum Gasteiger partial charge on any atom is 0.243 e. The average molecular weight is 527 g/mol. The van der Waals surface area contributed by atoms with E-state index in [0.29, 0.717) is 43.3 Å². The van der Waals surface area contributed by atoms with E-state index in [1.165, 1.54) is 0 Å². The van der Waals surface area contributed by atoms with Gasteiger partial charge in [0.2, 0.25) is 11.8 Å². The molecule has 4 aromatic rings. The fourth-order valence-electron chi connectivity index (χ4n) is 4.66. The van der Waals surface area contributed by atoms with Gasteiger partial charge in [-0.05, 0) is 51.9 Å². The van der Waals surface area contributed by atoms with Gasteiger partial charge in [0, 0.05) is 31.0 Å². The highest BCUT2D eigenvalue weighted by Gasteiger charge is 2.30. The standard InChI is InChI=1S/C33H35ClN2O2/c1-24(2)22-35-33(38)31(21-25-9-4-3-5-10-25)36(23-26-15-18-29(34)19-16-26)32(37)20-17-28-13-8-12-27-11-6-7-14-30(27)28/h3-16,18-19,24,31H,17,20-23H2,1-2H3,(H,35,38)/t31-/m0/s1. The zero-order chi connectivity index (χ0) is 26.9.